The van der Waals surface area contributed by atoms with Crippen LogP contribution in [0.3, 0.4) is 0 Å². The maximum Gasteiger partial charge on any atom is 0.259 e. The van der Waals surface area contributed by atoms with Gasteiger partial charge in [0.05, 0.1) is 5.56 Å². The molecule has 1 amide bonds. The lowest BCUT2D eigenvalue weighted by molar-refractivity contribution is 0.0976. The van der Waals surface area contributed by atoms with Crippen LogP contribution in [0.2, 0.25) is 0 Å². The average Bonchev–Trinajstić information content (AvgIpc) is 2.19. The maximum absolute atomic E-state index is 11.3. The number of pyridine rings is 1. The fraction of sp³-hybridized carbons (Fsp3) is 0. The minimum Gasteiger partial charge on any atom is -0.369 e. The van der Waals surface area contributed by atoms with Gasteiger partial charge in [-0.3, -0.25) is 15.1 Å². The van der Waals surface area contributed by atoms with Gasteiger partial charge in [-0.1, -0.05) is 0 Å². The van der Waals surface area contributed by atoms with E-state index < -0.39 is 5.91 Å². The number of carbonyl (C=O) groups excluding carboxylic acids is 1. The lowest BCUT2D eigenvalue weighted by Crippen LogP contribution is -2.36. The van der Waals surface area contributed by atoms with Crippen LogP contribution in [-0.2, 0) is 0 Å². The number of carbonyl (C=O) groups is 1. The van der Waals surface area contributed by atoms with Crippen LogP contribution in [0.25, 0.3) is 0 Å². The van der Waals surface area contributed by atoms with E-state index >= 15 is 0 Å². The molecule has 1 aromatic heterocycles. The third-order valence-corrected chi connectivity index (χ3v) is 1.34. The van der Waals surface area contributed by atoms with Gasteiger partial charge in [-0.15, -0.1) is 4.99 Å². The molecule has 1 aromatic rings. The lowest BCUT2D eigenvalue weighted by Gasteiger charge is -2.00. The number of guanidine groups is 1. The van der Waals surface area contributed by atoms with E-state index in [4.69, 9.17) is 11.0 Å². The second-order valence-electron chi connectivity index (χ2n) is 2.29. The van der Waals surface area contributed by atoms with Gasteiger partial charge < -0.3 is 5.73 Å². The van der Waals surface area contributed by atoms with Gasteiger partial charge in [-0.2, -0.15) is 5.26 Å². The van der Waals surface area contributed by atoms with Crippen LogP contribution < -0.4 is 11.1 Å². The summed E-state index contributed by atoms with van der Waals surface area (Å²) in [6.45, 7) is 0. The monoisotopic (exact) mass is 189 g/mol. The Labute approximate surface area is 80.1 Å². The van der Waals surface area contributed by atoms with E-state index in [-0.39, 0.29) is 5.96 Å². The molecule has 0 aliphatic carbocycles. The van der Waals surface area contributed by atoms with Crippen LogP contribution in [0.1, 0.15) is 10.4 Å². The molecule has 6 heteroatoms. The van der Waals surface area contributed by atoms with E-state index in [9.17, 15) is 4.79 Å². The Bertz CT molecular complexity index is 392. The molecule has 0 aliphatic rings. The minimum absolute atomic E-state index is 0.235. The number of nitrogens with zero attached hydrogens (tertiary/aromatic N) is 3. The van der Waals surface area contributed by atoms with Crippen LogP contribution in [-0.4, -0.2) is 16.9 Å². The van der Waals surface area contributed by atoms with Gasteiger partial charge in [-0.05, 0) is 12.1 Å². The number of hydrogen-bond donors (Lipinski definition) is 2. The summed E-state index contributed by atoms with van der Waals surface area (Å²) < 4.78 is 0. The van der Waals surface area contributed by atoms with E-state index in [1.54, 1.807) is 18.3 Å². The molecule has 0 saturated heterocycles. The van der Waals surface area contributed by atoms with Crippen molar-refractivity contribution in [3.05, 3.63) is 30.1 Å². The van der Waals surface area contributed by atoms with Crippen molar-refractivity contribution in [1.29, 1.82) is 5.26 Å². The highest BCUT2D eigenvalue weighted by molar-refractivity contribution is 6.05. The number of nitriles is 1. The Morgan fingerprint density at radius 1 is 1.71 bits per heavy atom. The van der Waals surface area contributed by atoms with Crippen molar-refractivity contribution in [2.75, 3.05) is 0 Å². The van der Waals surface area contributed by atoms with E-state index in [1.807, 2.05) is 0 Å². The zero-order valence-electron chi connectivity index (χ0n) is 7.14. The molecule has 0 unspecified atom stereocenters. The predicted molar refractivity (Wildman–Crippen MR) is 48.9 cm³/mol. The fourth-order valence-corrected chi connectivity index (χ4v) is 0.767. The molecule has 0 fully saturated rings. The molecule has 6 nitrogen and oxygen atoms in total. The number of rotatable bonds is 1. The van der Waals surface area contributed by atoms with E-state index in [1.165, 1.54) is 12.4 Å². The molecule has 70 valence electrons. The summed E-state index contributed by atoms with van der Waals surface area (Å²) in [4.78, 5) is 18.2. The molecule has 0 spiro atoms. The van der Waals surface area contributed by atoms with Crippen molar-refractivity contribution in [1.82, 2.24) is 10.3 Å². The Balaban J connectivity index is 2.70. The Kier molecular flexibility index (Phi) is 3.15. The Morgan fingerprint density at radius 3 is 3.07 bits per heavy atom. The smallest absolute Gasteiger partial charge is 0.259 e. The normalized spacial score (nSPS) is 10.4. The highest BCUT2D eigenvalue weighted by atomic mass is 16.1. The van der Waals surface area contributed by atoms with Crippen LogP contribution in [0, 0.1) is 11.5 Å². The second kappa shape index (κ2) is 4.57. The molecule has 3 N–H and O–H groups in total. The van der Waals surface area contributed by atoms with Gasteiger partial charge in [-0.25, -0.2) is 0 Å². The van der Waals surface area contributed by atoms with Gasteiger partial charge in [0.1, 0.15) is 0 Å². The van der Waals surface area contributed by atoms with Gasteiger partial charge in [0.15, 0.2) is 0 Å². The molecule has 0 aromatic carbocycles. The summed E-state index contributed by atoms with van der Waals surface area (Å²) in [5.74, 6) is -0.684. The standard InChI is InChI=1S/C8H7N5O/c9-5-12-8(10)13-7(14)6-2-1-3-11-4-6/h1-4H,(H3,10,12,13,14). The first-order valence-corrected chi connectivity index (χ1v) is 3.67. The Hall–Kier alpha value is -2.42. The van der Waals surface area contributed by atoms with E-state index in [0.29, 0.717) is 5.56 Å². The third kappa shape index (κ3) is 2.57. The molecular formula is C8H7N5O. The molecule has 0 radical (unpaired) electrons. The first kappa shape index (κ1) is 9.67. The van der Waals surface area contributed by atoms with Crippen LogP contribution in [0.5, 0.6) is 0 Å². The van der Waals surface area contributed by atoms with Crippen molar-refractivity contribution in [2.45, 2.75) is 0 Å². The van der Waals surface area contributed by atoms with Gasteiger partial charge in [0.2, 0.25) is 12.2 Å². The number of amides is 1. The summed E-state index contributed by atoms with van der Waals surface area (Å²) >= 11 is 0. The summed E-state index contributed by atoms with van der Waals surface area (Å²) in [6.07, 6.45) is 4.39. The minimum atomic E-state index is -0.449. The van der Waals surface area contributed by atoms with E-state index in [0.717, 1.165) is 0 Å². The van der Waals surface area contributed by atoms with Gasteiger partial charge in [0.25, 0.3) is 5.91 Å². The zero-order valence-corrected chi connectivity index (χ0v) is 7.14. The summed E-state index contributed by atoms with van der Waals surface area (Å²) in [6, 6.07) is 3.19. The third-order valence-electron chi connectivity index (χ3n) is 1.34. The molecule has 1 rings (SSSR count). The molecule has 0 atom stereocenters. The number of nitrogens with one attached hydrogen (secondary N) is 1. The van der Waals surface area contributed by atoms with E-state index in [2.05, 4.69) is 15.3 Å². The lowest BCUT2D eigenvalue weighted by atomic mass is 10.3. The zero-order chi connectivity index (χ0) is 10.4. The second-order valence-corrected chi connectivity index (χ2v) is 2.29. The maximum atomic E-state index is 11.3. The SMILES string of the molecule is N#CN=C(N)NC(=O)c1cccnc1. The highest BCUT2D eigenvalue weighted by Gasteiger charge is 2.05. The number of aromatic nitrogens is 1. The van der Waals surface area contributed by atoms with Crippen molar-refractivity contribution >= 4 is 11.9 Å². The van der Waals surface area contributed by atoms with Gasteiger partial charge in [0, 0.05) is 12.4 Å². The van der Waals surface area contributed by atoms with Crippen molar-refractivity contribution in [3.63, 3.8) is 0 Å². The topological polar surface area (TPSA) is 104 Å². The average molecular weight is 189 g/mol. The molecular weight excluding hydrogens is 182 g/mol. The first-order chi connectivity index (χ1) is 6.74. The van der Waals surface area contributed by atoms with Crippen molar-refractivity contribution < 1.29 is 4.79 Å². The molecule has 0 saturated carbocycles. The van der Waals surface area contributed by atoms with Crippen LogP contribution in [0.4, 0.5) is 0 Å². The van der Waals surface area contributed by atoms with Crippen molar-refractivity contribution in [3.8, 4) is 6.19 Å². The molecule has 0 bridgehead atoms. The summed E-state index contributed by atoms with van der Waals surface area (Å²) in [5.41, 5.74) is 5.55. The van der Waals surface area contributed by atoms with Crippen LogP contribution >= 0.6 is 0 Å². The predicted octanol–water partition coefficient (Wildman–Crippen LogP) is -0.393. The van der Waals surface area contributed by atoms with Gasteiger partial charge >= 0.3 is 0 Å². The first-order valence-electron chi connectivity index (χ1n) is 3.67. The Morgan fingerprint density at radius 2 is 2.50 bits per heavy atom. The molecule has 14 heavy (non-hydrogen) atoms. The van der Waals surface area contributed by atoms with Crippen LogP contribution in [0.15, 0.2) is 29.5 Å². The summed E-state index contributed by atoms with van der Waals surface area (Å²) in [5, 5.41) is 10.4. The number of aliphatic imine (C=N–C) groups is 1. The largest absolute Gasteiger partial charge is 0.369 e. The van der Waals surface area contributed by atoms with Crippen molar-refractivity contribution in [2.24, 2.45) is 10.7 Å². The fourth-order valence-electron chi connectivity index (χ4n) is 0.767. The quantitative estimate of drug-likeness (QED) is 0.356. The highest BCUT2D eigenvalue weighted by Crippen LogP contribution is 1.94. The molecule has 0 aliphatic heterocycles. The number of nitrogens with two attached hydrogens (primary N) is 1. The molecule has 1 heterocycles. The number of hydrogen-bond acceptors (Lipinski definition) is 4. The summed E-state index contributed by atoms with van der Waals surface area (Å²) in [7, 11) is 0.